The van der Waals surface area contributed by atoms with Gasteiger partial charge >= 0.3 is 0 Å². The van der Waals surface area contributed by atoms with Gasteiger partial charge in [-0.3, -0.25) is 0 Å². The van der Waals surface area contributed by atoms with Crippen LogP contribution in [-0.4, -0.2) is 28.6 Å². The number of aromatic nitrogens is 3. The molecule has 2 heterocycles. The summed E-state index contributed by atoms with van der Waals surface area (Å²) in [6, 6.07) is 10.6. The Morgan fingerprint density at radius 3 is 2.82 bits per heavy atom. The molecule has 0 atom stereocenters. The maximum atomic E-state index is 4.40. The first kappa shape index (κ1) is 14.4. The first-order valence-electron chi connectivity index (χ1n) is 7.56. The second-order valence-electron chi connectivity index (χ2n) is 5.27. The number of fused-ring (bicyclic) bond motifs is 1. The van der Waals surface area contributed by atoms with E-state index in [-0.39, 0.29) is 0 Å². The van der Waals surface area contributed by atoms with Crippen LogP contribution in [0.2, 0.25) is 0 Å². The Morgan fingerprint density at radius 1 is 1.09 bits per heavy atom. The predicted octanol–water partition coefficient (Wildman–Crippen LogP) is 3.15. The van der Waals surface area contributed by atoms with Crippen LogP contribution in [0, 0.1) is 0 Å². The number of nitrogens with zero attached hydrogens (tertiary/aromatic N) is 3. The molecule has 0 aliphatic heterocycles. The highest BCUT2D eigenvalue weighted by Crippen LogP contribution is 2.20. The van der Waals surface area contributed by atoms with Gasteiger partial charge in [-0.1, -0.05) is 12.1 Å². The van der Waals surface area contributed by atoms with Crippen molar-refractivity contribution in [3.05, 3.63) is 48.4 Å². The van der Waals surface area contributed by atoms with Gasteiger partial charge in [0, 0.05) is 32.5 Å². The third-order valence-corrected chi connectivity index (χ3v) is 3.87. The standard InChI is InChI=1S/C17H21N5/c1-18-14-7-3-5-13(11-14)6-4-9-22-10-8-15-16(19-2)20-12-21-17(15)22/h3,5,7-8,10-12,18H,4,6,9H2,1-2H3,(H,19,20,21). The number of anilines is 2. The van der Waals surface area contributed by atoms with Crippen molar-refractivity contribution >= 4 is 22.5 Å². The SMILES string of the molecule is CNc1cccc(CCCn2ccc3c(NC)ncnc32)c1. The molecule has 1 aromatic carbocycles. The number of aryl methyl sites for hydroxylation is 2. The average Bonchev–Trinajstić information content (AvgIpc) is 2.98. The molecule has 5 heteroatoms. The molecule has 2 N–H and O–H groups in total. The quantitative estimate of drug-likeness (QED) is 0.733. The maximum absolute atomic E-state index is 4.40. The minimum absolute atomic E-state index is 0.880. The lowest BCUT2D eigenvalue weighted by atomic mass is 10.1. The van der Waals surface area contributed by atoms with Crippen molar-refractivity contribution in [2.24, 2.45) is 0 Å². The molecule has 0 saturated heterocycles. The Kier molecular flexibility index (Phi) is 4.23. The Labute approximate surface area is 130 Å². The summed E-state index contributed by atoms with van der Waals surface area (Å²) in [6.45, 7) is 0.952. The van der Waals surface area contributed by atoms with Crippen molar-refractivity contribution in [2.75, 3.05) is 24.7 Å². The van der Waals surface area contributed by atoms with Crippen LogP contribution in [0.25, 0.3) is 11.0 Å². The number of nitrogens with one attached hydrogen (secondary N) is 2. The van der Waals surface area contributed by atoms with Crippen molar-refractivity contribution in [1.29, 1.82) is 0 Å². The van der Waals surface area contributed by atoms with Gasteiger partial charge in [-0.05, 0) is 36.6 Å². The van der Waals surface area contributed by atoms with Crippen molar-refractivity contribution in [2.45, 2.75) is 19.4 Å². The van der Waals surface area contributed by atoms with Crippen LogP contribution < -0.4 is 10.6 Å². The molecule has 0 fully saturated rings. The molecule has 0 unspecified atom stereocenters. The minimum atomic E-state index is 0.880. The molecule has 0 saturated carbocycles. The van der Waals surface area contributed by atoms with E-state index in [1.165, 1.54) is 5.56 Å². The summed E-state index contributed by atoms with van der Waals surface area (Å²) in [7, 11) is 3.83. The van der Waals surface area contributed by atoms with Crippen LogP contribution in [0.15, 0.2) is 42.9 Å². The molecule has 0 aliphatic rings. The highest BCUT2D eigenvalue weighted by molar-refractivity contribution is 5.87. The lowest BCUT2D eigenvalue weighted by Crippen LogP contribution is -2.01. The zero-order chi connectivity index (χ0) is 15.4. The van der Waals surface area contributed by atoms with Gasteiger partial charge in [0.1, 0.15) is 17.8 Å². The zero-order valence-corrected chi connectivity index (χ0v) is 13.0. The van der Waals surface area contributed by atoms with E-state index in [1.54, 1.807) is 6.33 Å². The Balaban J connectivity index is 1.69. The summed E-state index contributed by atoms with van der Waals surface area (Å²) >= 11 is 0. The van der Waals surface area contributed by atoms with Gasteiger partial charge < -0.3 is 15.2 Å². The molecule has 0 bridgehead atoms. The lowest BCUT2D eigenvalue weighted by molar-refractivity contribution is 0.657. The van der Waals surface area contributed by atoms with E-state index in [0.29, 0.717) is 0 Å². The monoisotopic (exact) mass is 295 g/mol. The molecular formula is C17H21N5. The van der Waals surface area contributed by atoms with Crippen LogP contribution in [0.4, 0.5) is 11.5 Å². The van der Waals surface area contributed by atoms with Crippen LogP contribution in [0.5, 0.6) is 0 Å². The van der Waals surface area contributed by atoms with E-state index in [0.717, 1.165) is 41.9 Å². The van der Waals surface area contributed by atoms with Gasteiger partial charge in [0.15, 0.2) is 0 Å². The fraction of sp³-hybridized carbons (Fsp3) is 0.294. The third kappa shape index (κ3) is 2.88. The Morgan fingerprint density at radius 2 is 2.00 bits per heavy atom. The summed E-state index contributed by atoms with van der Waals surface area (Å²) in [5, 5.41) is 7.36. The molecule has 5 nitrogen and oxygen atoms in total. The maximum Gasteiger partial charge on any atom is 0.145 e. The molecule has 0 aliphatic carbocycles. The van der Waals surface area contributed by atoms with Crippen molar-refractivity contribution in [3.63, 3.8) is 0 Å². The van der Waals surface area contributed by atoms with E-state index >= 15 is 0 Å². The molecule has 0 radical (unpaired) electrons. The number of hydrogen-bond donors (Lipinski definition) is 2. The number of hydrogen-bond acceptors (Lipinski definition) is 4. The number of benzene rings is 1. The van der Waals surface area contributed by atoms with Crippen LogP contribution >= 0.6 is 0 Å². The van der Waals surface area contributed by atoms with Crippen molar-refractivity contribution in [1.82, 2.24) is 14.5 Å². The lowest BCUT2D eigenvalue weighted by Gasteiger charge is -2.07. The minimum Gasteiger partial charge on any atom is -0.388 e. The van der Waals surface area contributed by atoms with Crippen molar-refractivity contribution < 1.29 is 0 Å². The molecule has 114 valence electrons. The number of rotatable bonds is 6. The highest BCUT2D eigenvalue weighted by atomic mass is 15.1. The Bertz CT molecular complexity index is 763. The summed E-state index contributed by atoms with van der Waals surface area (Å²) in [5.74, 6) is 0.880. The van der Waals surface area contributed by atoms with Gasteiger partial charge in [-0.15, -0.1) is 0 Å². The molecule has 3 aromatic rings. The van der Waals surface area contributed by atoms with Crippen LogP contribution in [0.1, 0.15) is 12.0 Å². The van der Waals surface area contributed by atoms with E-state index in [9.17, 15) is 0 Å². The smallest absolute Gasteiger partial charge is 0.145 e. The van der Waals surface area contributed by atoms with E-state index in [2.05, 4.69) is 61.7 Å². The van der Waals surface area contributed by atoms with E-state index < -0.39 is 0 Å². The Hall–Kier alpha value is -2.56. The first-order chi connectivity index (χ1) is 10.8. The zero-order valence-electron chi connectivity index (χ0n) is 13.0. The van der Waals surface area contributed by atoms with Gasteiger partial charge in [-0.2, -0.15) is 0 Å². The fourth-order valence-electron chi connectivity index (χ4n) is 2.72. The van der Waals surface area contributed by atoms with Gasteiger partial charge in [0.2, 0.25) is 0 Å². The third-order valence-electron chi connectivity index (χ3n) is 3.87. The summed E-state index contributed by atoms with van der Waals surface area (Å²) in [4.78, 5) is 8.65. The molecule has 3 rings (SSSR count). The van der Waals surface area contributed by atoms with E-state index in [4.69, 9.17) is 0 Å². The molecule has 22 heavy (non-hydrogen) atoms. The predicted molar refractivity (Wildman–Crippen MR) is 91.4 cm³/mol. The second-order valence-corrected chi connectivity index (χ2v) is 5.27. The molecule has 0 spiro atoms. The fourth-order valence-corrected chi connectivity index (χ4v) is 2.72. The van der Waals surface area contributed by atoms with Gasteiger partial charge in [0.05, 0.1) is 5.39 Å². The molecule has 2 aromatic heterocycles. The first-order valence-corrected chi connectivity index (χ1v) is 7.56. The van der Waals surface area contributed by atoms with Gasteiger partial charge in [0.25, 0.3) is 0 Å². The normalized spacial score (nSPS) is 10.8. The van der Waals surface area contributed by atoms with Crippen molar-refractivity contribution in [3.8, 4) is 0 Å². The van der Waals surface area contributed by atoms with Crippen LogP contribution in [-0.2, 0) is 13.0 Å². The van der Waals surface area contributed by atoms with E-state index in [1.807, 2.05) is 14.1 Å². The summed E-state index contributed by atoms with van der Waals surface area (Å²) in [5.41, 5.74) is 3.51. The van der Waals surface area contributed by atoms with Gasteiger partial charge in [-0.25, -0.2) is 9.97 Å². The average molecular weight is 295 g/mol. The van der Waals surface area contributed by atoms with Crippen LogP contribution in [0.3, 0.4) is 0 Å². The highest BCUT2D eigenvalue weighted by Gasteiger charge is 2.06. The largest absolute Gasteiger partial charge is 0.388 e. The topological polar surface area (TPSA) is 54.8 Å². The summed E-state index contributed by atoms with van der Waals surface area (Å²) in [6.07, 6.45) is 5.83. The molecular weight excluding hydrogens is 274 g/mol. The summed E-state index contributed by atoms with van der Waals surface area (Å²) < 4.78 is 2.19. The molecule has 0 amide bonds. The second kappa shape index (κ2) is 6.47.